The minimum atomic E-state index is -0.0275. The number of aliphatic hydroxyl groups is 1. The van der Waals surface area contributed by atoms with E-state index >= 15 is 0 Å². The summed E-state index contributed by atoms with van der Waals surface area (Å²) >= 11 is 0. The van der Waals surface area contributed by atoms with Gasteiger partial charge >= 0.3 is 0 Å². The van der Waals surface area contributed by atoms with Crippen LogP contribution in [0.5, 0.6) is 5.75 Å². The Morgan fingerprint density at radius 3 is 2.42 bits per heavy atom. The van der Waals surface area contributed by atoms with E-state index in [-0.39, 0.29) is 18.1 Å². The minimum absolute atomic E-state index is 0.0275. The van der Waals surface area contributed by atoms with Gasteiger partial charge in [0.05, 0.1) is 12.7 Å². The molecule has 1 saturated heterocycles. The predicted molar refractivity (Wildman–Crippen MR) is 106 cm³/mol. The van der Waals surface area contributed by atoms with Crippen LogP contribution in [0.25, 0.3) is 0 Å². The van der Waals surface area contributed by atoms with Gasteiger partial charge in [0, 0.05) is 18.5 Å². The second-order valence-electron chi connectivity index (χ2n) is 7.95. The highest BCUT2D eigenvalue weighted by molar-refractivity contribution is 5.27. The lowest BCUT2D eigenvalue weighted by Gasteiger charge is -2.42. The summed E-state index contributed by atoms with van der Waals surface area (Å²) in [6, 6.07) is 19.0. The number of aliphatic hydroxyl groups excluding tert-OH is 1. The van der Waals surface area contributed by atoms with Crippen LogP contribution < -0.4 is 4.74 Å². The molecule has 3 rings (SSSR count). The SMILES string of the molecule is CC(C)Oc1ccc(CN2CCC[C@@](CO)(Cc3ccccc3)C2)cc1. The van der Waals surface area contributed by atoms with Crippen LogP contribution in [0.15, 0.2) is 54.6 Å². The van der Waals surface area contributed by atoms with Gasteiger partial charge in [0.15, 0.2) is 0 Å². The number of nitrogens with zero attached hydrogens (tertiary/aromatic N) is 1. The molecule has 1 aliphatic heterocycles. The van der Waals surface area contributed by atoms with Gasteiger partial charge in [0.1, 0.15) is 5.75 Å². The molecule has 1 atom stereocenters. The zero-order valence-electron chi connectivity index (χ0n) is 16.0. The third-order valence-electron chi connectivity index (χ3n) is 5.20. The fraction of sp³-hybridized carbons (Fsp3) is 0.478. The summed E-state index contributed by atoms with van der Waals surface area (Å²) < 4.78 is 5.73. The van der Waals surface area contributed by atoms with E-state index in [1.807, 2.05) is 13.8 Å². The van der Waals surface area contributed by atoms with Crippen molar-refractivity contribution < 1.29 is 9.84 Å². The minimum Gasteiger partial charge on any atom is -0.491 e. The zero-order valence-corrected chi connectivity index (χ0v) is 16.0. The Labute approximate surface area is 157 Å². The van der Waals surface area contributed by atoms with E-state index in [0.29, 0.717) is 0 Å². The Morgan fingerprint density at radius 2 is 1.77 bits per heavy atom. The van der Waals surface area contributed by atoms with E-state index in [2.05, 4.69) is 59.5 Å². The molecule has 0 saturated carbocycles. The molecule has 1 fully saturated rings. The van der Waals surface area contributed by atoms with Crippen LogP contribution in [0.3, 0.4) is 0 Å². The molecular formula is C23H31NO2. The van der Waals surface area contributed by atoms with E-state index < -0.39 is 0 Å². The van der Waals surface area contributed by atoms with Crippen molar-refractivity contribution in [3.63, 3.8) is 0 Å². The first-order valence-corrected chi connectivity index (χ1v) is 9.71. The molecule has 3 nitrogen and oxygen atoms in total. The molecule has 26 heavy (non-hydrogen) atoms. The maximum absolute atomic E-state index is 10.2. The monoisotopic (exact) mass is 353 g/mol. The highest BCUT2D eigenvalue weighted by Gasteiger charge is 2.35. The maximum atomic E-state index is 10.2. The van der Waals surface area contributed by atoms with Crippen LogP contribution in [-0.4, -0.2) is 35.8 Å². The van der Waals surface area contributed by atoms with Gasteiger partial charge in [0.25, 0.3) is 0 Å². The van der Waals surface area contributed by atoms with Gasteiger partial charge in [-0.2, -0.15) is 0 Å². The molecule has 2 aromatic carbocycles. The first-order valence-electron chi connectivity index (χ1n) is 9.71. The fourth-order valence-electron chi connectivity index (χ4n) is 4.01. The molecule has 0 unspecified atom stereocenters. The van der Waals surface area contributed by atoms with Crippen molar-refractivity contribution >= 4 is 0 Å². The van der Waals surface area contributed by atoms with Gasteiger partial charge in [-0.15, -0.1) is 0 Å². The quantitative estimate of drug-likeness (QED) is 0.806. The zero-order chi connectivity index (χ0) is 18.4. The number of likely N-dealkylation sites (tertiary alicyclic amines) is 1. The standard InChI is InChI=1S/C23H31NO2/c1-19(2)26-22-11-9-21(10-12-22)16-24-14-6-13-23(17-24,18-25)15-20-7-4-3-5-8-20/h3-5,7-12,19,25H,6,13-18H2,1-2H3/t23-/m1/s1. The van der Waals surface area contributed by atoms with Crippen molar-refractivity contribution in [2.75, 3.05) is 19.7 Å². The van der Waals surface area contributed by atoms with Gasteiger partial charge in [-0.1, -0.05) is 42.5 Å². The molecule has 0 aliphatic carbocycles. The van der Waals surface area contributed by atoms with Crippen LogP contribution in [-0.2, 0) is 13.0 Å². The smallest absolute Gasteiger partial charge is 0.119 e. The Bertz CT molecular complexity index is 668. The average molecular weight is 354 g/mol. The molecule has 0 bridgehead atoms. The van der Waals surface area contributed by atoms with Crippen LogP contribution in [0.2, 0.25) is 0 Å². The van der Waals surface area contributed by atoms with E-state index in [9.17, 15) is 5.11 Å². The van der Waals surface area contributed by atoms with Crippen molar-refractivity contribution in [1.82, 2.24) is 4.90 Å². The molecule has 1 N–H and O–H groups in total. The fourth-order valence-corrected chi connectivity index (χ4v) is 4.01. The summed E-state index contributed by atoms with van der Waals surface area (Å²) in [6.07, 6.45) is 3.38. The van der Waals surface area contributed by atoms with Crippen molar-refractivity contribution in [3.05, 3.63) is 65.7 Å². The lowest BCUT2D eigenvalue weighted by atomic mass is 9.75. The third-order valence-corrected chi connectivity index (χ3v) is 5.20. The number of benzene rings is 2. The molecule has 140 valence electrons. The van der Waals surface area contributed by atoms with Crippen LogP contribution in [0.1, 0.15) is 37.8 Å². The Morgan fingerprint density at radius 1 is 1.04 bits per heavy atom. The van der Waals surface area contributed by atoms with Crippen molar-refractivity contribution in [2.45, 2.75) is 45.8 Å². The highest BCUT2D eigenvalue weighted by atomic mass is 16.5. The topological polar surface area (TPSA) is 32.7 Å². The lowest BCUT2D eigenvalue weighted by Crippen LogP contribution is -2.46. The Balaban J connectivity index is 1.63. The number of rotatable bonds is 7. The summed E-state index contributed by atoms with van der Waals surface area (Å²) in [5, 5.41) is 10.2. The molecule has 0 aromatic heterocycles. The lowest BCUT2D eigenvalue weighted by molar-refractivity contribution is 0.0288. The van der Waals surface area contributed by atoms with Gasteiger partial charge < -0.3 is 9.84 Å². The number of piperidine rings is 1. The van der Waals surface area contributed by atoms with Crippen LogP contribution in [0.4, 0.5) is 0 Å². The van der Waals surface area contributed by atoms with Gasteiger partial charge in [-0.25, -0.2) is 0 Å². The summed E-state index contributed by atoms with van der Waals surface area (Å²) in [4.78, 5) is 2.49. The molecule has 3 heteroatoms. The molecular weight excluding hydrogens is 322 g/mol. The normalized spacial score (nSPS) is 21.1. The van der Waals surface area contributed by atoms with Gasteiger partial charge in [-0.3, -0.25) is 4.90 Å². The maximum Gasteiger partial charge on any atom is 0.119 e. The third kappa shape index (κ3) is 5.09. The van der Waals surface area contributed by atoms with Crippen molar-refractivity contribution in [2.24, 2.45) is 5.41 Å². The average Bonchev–Trinajstić information content (AvgIpc) is 2.64. The molecule has 0 spiro atoms. The molecule has 0 amide bonds. The number of ether oxygens (including phenoxy) is 1. The van der Waals surface area contributed by atoms with Crippen LogP contribution >= 0.6 is 0 Å². The highest BCUT2D eigenvalue weighted by Crippen LogP contribution is 2.34. The number of hydrogen-bond acceptors (Lipinski definition) is 3. The molecule has 1 heterocycles. The Kier molecular flexibility index (Phi) is 6.33. The van der Waals surface area contributed by atoms with E-state index in [1.165, 1.54) is 11.1 Å². The number of hydrogen-bond donors (Lipinski definition) is 1. The summed E-state index contributed by atoms with van der Waals surface area (Å²) in [5.41, 5.74) is 2.59. The van der Waals surface area contributed by atoms with Crippen molar-refractivity contribution in [1.29, 1.82) is 0 Å². The summed E-state index contributed by atoms with van der Waals surface area (Å²) in [7, 11) is 0. The molecule has 1 aliphatic rings. The van der Waals surface area contributed by atoms with Gasteiger partial charge in [0.2, 0.25) is 0 Å². The largest absolute Gasteiger partial charge is 0.491 e. The predicted octanol–water partition coefficient (Wildman–Crippen LogP) is 4.29. The summed E-state index contributed by atoms with van der Waals surface area (Å²) in [6.45, 7) is 7.31. The first kappa shape index (κ1) is 18.9. The second kappa shape index (κ2) is 8.70. The van der Waals surface area contributed by atoms with Crippen LogP contribution in [0, 0.1) is 5.41 Å². The van der Waals surface area contributed by atoms with Crippen molar-refractivity contribution in [3.8, 4) is 5.75 Å². The first-order chi connectivity index (χ1) is 12.6. The van der Waals surface area contributed by atoms with E-state index in [0.717, 1.165) is 44.6 Å². The molecule has 0 radical (unpaired) electrons. The molecule has 2 aromatic rings. The van der Waals surface area contributed by atoms with Gasteiger partial charge in [-0.05, 0) is 62.9 Å². The van der Waals surface area contributed by atoms with E-state index in [1.54, 1.807) is 0 Å². The Hall–Kier alpha value is -1.84. The van der Waals surface area contributed by atoms with E-state index in [4.69, 9.17) is 4.74 Å². The summed E-state index contributed by atoms with van der Waals surface area (Å²) in [5.74, 6) is 0.927. The second-order valence-corrected chi connectivity index (χ2v) is 7.95.